The molecule has 2 rings (SSSR count). The lowest BCUT2D eigenvalue weighted by atomic mass is 10.0. The lowest BCUT2D eigenvalue weighted by Gasteiger charge is -2.27. The minimum atomic E-state index is -3.70. The molecule has 1 aliphatic rings. The second-order valence-corrected chi connectivity index (χ2v) is 9.27. The van der Waals surface area contributed by atoms with E-state index in [4.69, 9.17) is 4.74 Å². The van der Waals surface area contributed by atoms with Crippen LogP contribution in [0.3, 0.4) is 0 Å². The molecule has 0 radical (unpaired) electrons. The first-order chi connectivity index (χ1) is 13.3. The molecule has 28 heavy (non-hydrogen) atoms. The number of amides is 1. The van der Waals surface area contributed by atoms with Crippen LogP contribution in [0.1, 0.15) is 40.5 Å². The topological polar surface area (TPSA) is 80.1 Å². The minimum absolute atomic E-state index is 0.0924. The second-order valence-electron chi connectivity index (χ2n) is 7.36. The van der Waals surface area contributed by atoms with E-state index >= 15 is 0 Å². The highest BCUT2D eigenvalue weighted by atomic mass is 32.2. The highest BCUT2D eigenvalue weighted by molar-refractivity contribution is 7.89. The van der Waals surface area contributed by atoms with Crippen LogP contribution in [-0.2, 0) is 14.8 Å². The summed E-state index contributed by atoms with van der Waals surface area (Å²) in [7, 11) is -3.70. The van der Waals surface area contributed by atoms with Crippen LogP contribution in [-0.4, -0.2) is 58.0 Å². The molecule has 1 aromatic rings. The Morgan fingerprint density at radius 2 is 2.00 bits per heavy atom. The van der Waals surface area contributed by atoms with Crippen molar-refractivity contribution in [2.24, 2.45) is 5.92 Å². The highest BCUT2D eigenvalue weighted by Crippen LogP contribution is 2.30. The fourth-order valence-electron chi connectivity index (χ4n) is 3.76. The zero-order chi connectivity index (χ0) is 20.7. The first kappa shape index (κ1) is 22.6. The van der Waals surface area contributed by atoms with Crippen LogP contribution in [0.25, 0.3) is 0 Å². The number of anilines is 1. The Morgan fingerprint density at radius 3 is 2.61 bits per heavy atom. The van der Waals surface area contributed by atoms with Gasteiger partial charge in [0.15, 0.2) is 6.54 Å². The van der Waals surface area contributed by atoms with Crippen LogP contribution in [0.4, 0.5) is 5.69 Å². The number of carbonyl (C=O) groups is 1. The molecule has 0 bridgehead atoms. The zero-order valence-corrected chi connectivity index (χ0v) is 18.3. The Kier molecular flexibility index (Phi) is 8.27. The van der Waals surface area contributed by atoms with E-state index in [2.05, 4.69) is 12.2 Å². The fourth-order valence-corrected chi connectivity index (χ4v) is 5.37. The summed E-state index contributed by atoms with van der Waals surface area (Å²) >= 11 is 0. The van der Waals surface area contributed by atoms with E-state index in [1.807, 2.05) is 6.92 Å². The van der Waals surface area contributed by atoms with Crippen LogP contribution in [0.15, 0.2) is 23.1 Å². The smallest absolute Gasteiger partial charge is 0.279 e. The number of benzene rings is 1. The standard InChI is InChI=1S/C20H33N3O4S/c1-5-23(6-2)28(25,26)19-13-17(10-11-18(19)27-7-3)21-20(24)15-22-12-8-9-16(4)14-22/h10-11,13,16H,5-9,12,14-15H2,1-4H3,(H,21,24)/p+1/t16-/m0/s1. The molecule has 0 saturated carbocycles. The number of ether oxygens (including phenoxy) is 1. The zero-order valence-electron chi connectivity index (χ0n) is 17.5. The molecule has 2 N–H and O–H groups in total. The third kappa shape index (κ3) is 5.68. The summed E-state index contributed by atoms with van der Waals surface area (Å²) in [5, 5.41) is 2.86. The van der Waals surface area contributed by atoms with Crippen molar-refractivity contribution in [1.82, 2.24) is 4.31 Å². The van der Waals surface area contributed by atoms with E-state index in [0.29, 0.717) is 43.6 Å². The first-order valence-electron chi connectivity index (χ1n) is 10.2. The second kappa shape index (κ2) is 10.2. The average molecular weight is 413 g/mol. The highest BCUT2D eigenvalue weighted by Gasteiger charge is 2.27. The maximum atomic E-state index is 13.0. The number of quaternary nitrogens is 1. The van der Waals surface area contributed by atoms with Crippen molar-refractivity contribution in [2.45, 2.75) is 45.4 Å². The molecule has 1 saturated heterocycles. The minimum Gasteiger partial charge on any atom is -0.492 e. The molecule has 1 heterocycles. The molecule has 1 fully saturated rings. The van der Waals surface area contributed by atoms with Crippen molar-refractivity contribution in [3.8, 4) is 5.75 Å². The SMILES string of the molecule is CCOc1ccc(NC(=O)C[NH+]2CCC[C@H](C)C2)cc1S(=O)(=O)N(CC)CC. The number of piperidine rings is 1. The number of rotatable bonds is 9. The van der Waals surface area contributed by atoms with Crippen molar-refractivity contribution in [1.29, 1.82) is 0 Å². The monoisotopic (exact) mass is 412 g/mol. The Morgan fingerprint density at radius 1 is 1.29 bits per heavy atom. The quantitative estimate of drug-likeness (QED) is 0.642. The van der Waals surface area contributed by atoms with Gasteiger partial charge in [0, 0.05) is 24.7 Å². The number of hydrogen-bond donors (Lipinski definition) is 2. The van der Waals surface area contributed by atoms with E-state index in [9.17, 15) is 13.2 Å². The van der Waals surface area contributed by atoms with Crippen LogP contribution in [0, 0.1) is 5.92 Å². The molecule has 1 aromatic carbocycles. The lowest BCUT2D eigenvalue weighted by molar-refractivity contribution is -0.900. The van der Waals surface area contributed by atoms with Gasteiger partial charge in [-0.05, 0) is 38.0 Å². The van der Waals surface area contributed by atoms with E-state index in [0.717, 1.165) is 19.5 Å². The lowest BCUT2D eigenvalue weighted by Crippen LogP contribution is -3.14. The largest absolute Gasteiger partial charge is 0.492 e. The summed E-state index contributed by atoms with van der Waals surface area (Å²) in [5.74, 6) is 0.843. The Hall–Kier alpha value is -1.64. The molecular weight excluding hydrogens is 378 g/mol. The molecule has 8 heteroatoms. The van der Waals surface area contributed by atoms with Crippen molar-refractivity contribution in [3.05, 3.63) is 18.2 Å². The summed E-state index contributed by atoms with van der Waals surface area (Å²) < 4.78 is 32.9. The van der Waals surface area contributed by atoms with Crippen LogP contribution in [0.5, 0.6) is 5.75 Å². The summed E-state index contributed by atoms with van der Waals surface area (Å²) in [6.45, 7) is 11.1. The average Bonchev–Trinajstić information content (AvgIpc) is 2.63. The predicted octanol–water partition coefficient (Wildman–Crippen LogP) is 1.37. The normalized spacial score (nSPS) is 20.2. The summed E-state index contributed by atoms with van der Waals surface area (Å²) in [4.78, 5) is 13.9. The van der Waals surface area contributed by atoms with Gasteiger partial charge in [0.25, 0.3) is 5.91 Å². The molecular formula is C20H34N3O4S+. The molecule has 158 valence electrons. The van der Waals surface area contributed by atoms with E-state index < -0.39 is 10.0 Å². The van der Waals surface area contributed by atoms with Crippen molar-refractivity contribution in [3.63, 3.8) is 0 Å². The van der Waals surface area contributed by atoms with E-state index in [1.54, 1.807) is 26.0 Å². The van der Waals surface area contributed by atoms with Crippen molar-refractivity contribution in [2.75, 3.05) is 44.6 Å². The molecule has 0 aromatic heterocycles. The number of carbonyl (C=O) groups excluding carboxylic acids is 1. The van der Waals surface area contributed by atoms with Gasteiger partial charge in [-0.25, -0.2) is 8.42 Å². The maximum absolute atomic E-state index is 13.0. The van der Waals surface area contributed by atoms with Crippen LogP contribution in [0.2, 0.25) is 0 Å². The van der Waals surface area contributed by atoms with Gasteiger partial charge in [-0.1, -0.05) is 20.8 Å². The molecule has 7 nitrogen and oxygen atoms in total. The van der Waals surface area contributed by atoms with Gasteiger partial charge in [0.05, 0.1) is 19.7 Å². The van der Waals surface area contributed by atoms with Gasteiger partial charge in [0.2, 0.25) is 10.0 Å². The summed E-state index contributed by atoms with van der Waals surface area (Å²) in [6.07, 6.45) is 2.36. The van der Waals surface area contributed by atoms with Gasteiger partial charge < -0.3 is 15.0 Å². The molecule has 1 aliphatic heterocycles. The molecule has 0 aliphatic carbocycles. The van der Waals surface area contributed by atoms with Crippen molar-refractivity contribution >= 4 is 21.6 Å². The van der Waals surface area contributed by atoms with Gasteiger partial charge in [0.1, 0.15) is 10.6 Å². The van der Waals surface area contributed by atoms with E-state index in [-0.39, 0.29) is 10.8 Å². The maximum Gasteiger partial charge on any atom is 0.279 e. The molecule has 1 amide bonds. The van der Waals surface area contributed by atoms with Crippen molar-refractivity contribution < 1.29 is 22.8 Å². The number of nitrogens with zero attached hydrogens (tertiary/aromatic N) is 1. The number of sulfonamides is 1. The van der Waals surface area contributed by atoms with E-state index in [1.165, 1.54) is 21.7 Å². The Labute approximate surface area is 169 Å². The summed E-state index contributed by atoms with van der Waals surface area (Å²) in [6, 6.07) is 4.81. The Bertz CT molecular complexity index is 763. The van der Waals surface area contributed by atoms with Gasteiger partial charge in [-0.15, -0.1) is 0 Å². The van der Waals surface area contributed by atoms with Crippen LogP contribution >= 0.6 is 0 Å². The molecule has 0 spiro atoms. The fraction of sp³-hybridized carbons (Fsp3) is 0.650. The first-order valence-corrected chi connectivity index (χ1v) is 11.7. The Balaban J connectivity index is 2.20. The van der Waals surface area contributed by atoms with Gasteiger partial charge in [-0.2, -0.15) is 4.31 Å². The third-order valence-electron chi connectivity index (χ3n) is 5.13. The third-order valence-corrected chi connectivity index (χ3v) is 7.20. The summed E-state index contributed by atoms with van der Waals surface area (Å²) in [5.41, 5.74) is 0.476. The van der Waals surface area contributed by atoms with Gasteiger partial charge in [-0.3, -0.25) is 4.79 Å². The molecule has 2 atom stereocenters. The van der Waals surface area contributed by atoms with Crippen LogP contribution < -0.4 is 15.0 Å². The van der Waals surface area contributed by atoms with Gasteiger partial charge >= 0.3 is 0 Å². The predicted molar refractivity (Wildman–Crippen MR) is 110 cm³/mol. The number of likely N-dealkylation sites (tertiary alicyclic amines) is 1. The number of nitrogens with one attached hydrogen (secondary N) is 2. The molecule has 1 unspecified atom stereocenters. The number of hydrogen-bond acceptors (Lipinski definition) is 4.